The highest BCUT2D eigenvalue weighted by atomic mass is 16.1. The number of hydrogen-bond acceptors (Lipinski definition) is 3. The van der Waals surface area contributed by atoms with Gasteiger partial charge in [0, 0.05) is 11.3 Å². The molecule has 1 aromatic rings. The van der Waals surface area contributed by atoms with E-state index < -0.39 is 0 Å². The molecule has 0 radical (unpaired) electrons. The molecule has 0 unspecified atom stereocenters. The van der Waals surface area contributed by atoms with Crippen molar-refractivity contribution in [2.45, 2.75) is 33.6 Å². The van der Waals surface area contributed by atoms with E-state index in [1.165, 1.54) is 6.54 Å². The van der Waals surface area contributed by atoms with Gasteiger partial charge in [-0.05, 0) is 20.3 Å². The summed E-state index contributed by atoms with van der Waals surface area (Å²) in [4.78, 5) is 23.4. The van der Waals surface area contributed by atoms with Crippen molar-refractivity contribution in [3.05, 3.63) is 21.6 Å². The Hall–Kier alpha value is -1.36. The van der Waals surface area contributed by atoms with E-state index in [0.717, 1.165) is 56.2 Å². The molecule has 106 valence electrons. The second-order valence-corrected chi connectivity index (χ2v) is 5.29. The topological polar surface area (TPSA) is 53.4 Å². The maximum Gasteiger partial charge on any atom is 0.255 e. The number of piperazine rings is 1. The molecular weight excluding hydrogens is 240 g/mol. The van der Waals surface area contributed by atoms with E-state index in [9.17, 15) is 4.79 Å². The molecule has 5 nitrogen and oxygen atoms in total. The van der Waals surface area contributed by atoms with Crippen LogP contribution in [0.15, 0.2) is 4.79 Å². The Morgan fingerprint density at radius 2 is 2.00 bits per heavy atom. The fourth-order valence-corrected chi connectivity index (χ4v) is 2.68. The van der Waals surface area contributed by atoms with Crippen LogP contribution >= 0.6 is 0 Å². The van der Waals surface area contributed by atoms with Gasteiger partial charge in [-0.3, -0.25) is 9.78 Å². The monoisotopic (exact) mass is 265 g/mol. The van der Waals surface area contributed by atoms with Crippen LogP contribution in [0.4, 0.5) is 5.95 Å². The summed E-state index contributed by atoms with van der Waals surface area (Å²) < 4.78 is 0. The predicted molar refractivity (Wildman–Crippen MR) is 77.0 cm³/mol. The summed E-state index contributed by atoms with van der Waals surface area (Å²) in [6.45, 7) is 11.6. The van der Waals surface area contributed by atoms with E-state index in [4.69, 9.17) is 0 Å². The zero-order valence-corrected chi connectivity index (χ0v) is 12.3. The largest absolute Gasteiger partial charge is 0.332 e. The van der Waals surface area contributed by atoms with Crippen LogP contribution in [0.2, 0.25) is 0 Å². The average molecular weight is 265 g/mol. The first-order valence-corrected chi connectivity index (χ1v) is 7.34. The number of H-pyrrole nitrogens is 1. The van der Waals surface area contributed by atoms with Crippen LogP contribution in [0.3, 0.4) is 0 Å². The van der Waals surface area contributed by atoms with Crippen LogP contribution in [0, 0.1) is 6.92 Å². The second-order valence-electron chi connectivity index (χ2n) is 5.29. The Kier molecular flexibility index (Phi) is 4.58. The van der Waals surface area contributed by atoms with Crippen molar-refractivity contribution >= 4 is 5.95 Å². The van der Waals surface area contributed by atoms with Crippen molar-refractivity contribution < 1.29 is 4.90 Å². The van der Waals surface area contributed by atoms with Crippen molar-refractivity contribution in [3.63, 3.8) is 0 Å². The molecule has 1 aromatic heterocycles. The molecule has 2 N–H and O–H groups in total. The molecule has 1 saturated heterocycles. The molecular formula is C14H25N4O+. The van der Waals surface area contributed by atoms with Crippen LogP contribution in [0.25, 0.3) is 0 Å². The molecule has 0 amide bonds. The van der Waals surface area contributed by atoms with E-state index in [-0.39, 0.29) is 5.56 Å². The van der Waals surface area contributed by atoms with Crippen molar-refractivity contribution in [2.24, 2.45) is 0 Å². The molecule has 0 spiro atoms. The van der Waals surface area contributed by atoms with Crippen molar-refractivity contribution in [1.82, 2.24) is 9.97 Å². The zero-order chi connectivity index (χ0) is 13.8. The zero-order valence-electron chi connectivity index (χ0n) is 12.3. The summed E-state index contributed by atoms with van der Waals surface area (Å²) in [6.07, 6.45) is 1.78. The van der Waals surface area contributed by atoms with Gasteiger partial charge in [-0.2, -0.15) is 0 Å². The summed E-state index contributed by atoms with van der Waals surface area (Å²) in [5, 5.41) is 0. The number of nitrogens with one attached hydrogen (secondary N) is 2. The number of nitrogens with zero attached hydrogens (tertiary/aromatic N) is 2. The SMILES string of the molecule is CCCc1c(C)nc(N2CC[NH+](CC)CC2)[nH]c1=O. The lowest BCUT2D eigenvalue weighted by molar-refractivity contribution is -0.898. The average Bonchev–Trinajstić information content (AvgIpc) is 2.43. The van der Waals surface area contributed by atoms with Gasteiger partial charge in [-0.25, -0.2) is 4.98 Å². The van der Waals surface area contributed by atoms with Crippen molar-refractivity contribution in [2.75, 3.05) is 37.6 Å². The maximum atomic E-state index is 12.1. The quantitative estimate of drug-likeness (QED) is 0.790. The lowest BCUT2D eigenvalue weighted by Crippen LogP contribution is -3.14. The van der Waals surface area contributed by atoms with Gasteiger partial charge in [-0.1, -0.05) is 13.3 Å². The van der Waals surface area contributed by atoms with Gasteiger partial charge in [0.1, 0.15) is 0 Å². The first kappa shape index (κ1) is 14.1. The lowest BCUT2D eigenvalue weighted by atomic mass is 10.1. The Morgan fingerprint density at radius 3 is 2.53 bits per heavy atom. The number of aromatic nitrogens is 2. The number of quaternary nitrogens is 1. The van der Waals surface area contributed by atoms with Crippen LogP contribution in [0.5, 0.6) is 0 Å². The van der Waals surface area contributed by atoms with Gasteiger partial charge in [-0.15, -0.1) is 0 Å². The van der Waals surface area contributed by atoms with E-state index in [1.807, 2.05) is 6.92 Å². The Morgan fingerprint density at radius 1 is 1.32 bits per heavy atom. The van der Waals surface area contributed by atoms with Crippen LogP contribution in [-0.4, -0.2) is 42.7 Å². The van der Waals surface area contributed by atoms with Gasteiger partial charge >= 0.3 is 0 Å². The van der Waals surface area contributed by atoms with Crippen molar-refractivity contribution in [1.29, 1.82) is 0 Å². The van der Waals surface area contributed by atoms with Gasteiger partial charge in [0.05, 0.1) is 32.7 Å². The summed E-state index contributed by atoms with van der Waals surface area (Å²) in [7, 11) is 0. The number of aromatic amines is 1. The van der Waals surface area contributed by atoms with Crippen LogP contribution in [0.1, 0.15) is 31.5 Å². The van der Waals surface area contributed by atoms with Crippen molar-refractivity contribution in [3.8, 4) is 0 Å². The maximum absolute atomic E-state index is 12.1. The Labute approximate surface area is 114 Å². The summed E-state index contributed by atoms with van der Waals surface area (Å²) in [5.41, 5.74) is 1.75. The normalized spacial score (nSPS) is 16.9. The summed E-state index contributed by atoms with van der Waals surface area (Å²) in [6, 6.07) is 0. The number of aryl methyl sites for hydroxylation is 1. The molecule has 1 aliphatic heterocycles. The van der Waals surface area contributed by atoms with Gasteiger partial charge in [0.15, 0.2) is 0 Å². The molecule has 1 aliphatic rings. The first-order valence-electron chi connectivity index (χ1n) is 7.34. The molecule has 0 bridgehead atoms. The van der Waals surface area contributed by atoms with Crippen LogP contribution in [-0.2, 0) is 6.42 Å². The van der Waals surface area contributed by atoms with Crippen LogP contribution < -0.4 is 15.4 Å². The van der Waals surface area contributed by atoms with Gasteiger partial charge in [0.25, 0.3) is 5.56 Å². The third-order valence-electron chi connectivity index (χ3n) is 3.98. The van der Waals surface area contributed by atoms with Gasteiger partial charge < -0.3 is 9.80 Å². The lowest BCUT2D eigenvalue weighted by Gasteiger charge is -2.32. The number of hydrogen-bond donors (Lipinski definition) is 2. The van der Waals surface area contributed by atoms with E-state index in [2.05, 4.69) is 28.7 Å². The molecule has 5 heteroatoms. The molecule has 0 aromatic carbocycles. The molecule has 2 heterocycles. The Balaban J connectivity index is 2.16. The highest BCUT2D eigenvalue weighted by molar-refractivity contribution is 5.33. The molecule has 19 heavy (non-hydrogen) atoms. The molecule has 0 saturated carbocycles. The molecule has 2 rings (SSSR count). The predicted octanol–water partition coefficient (Wildman–Crippen LogP) is -0.244. The van der Waals surface area contributed by atoms with Gasteiger partial charge in [0.2, 0.25) is 5.95 Å². The molecule has 0 aliphatic carbocycles. The number of anilines is 1. The van der Waals surface area contributed by atoms with E-state index >= 15 is 0 Å². The number of likely N-dealkylation sites (N-methyl/N-ethyl adjacent to an activating group) is 1. The minimum Gasteiger partial charge on any atom is -0.332 e. The first-order chi connectivity index (χ1) is 9.15. The molecule has 1 fully saturated rings. The standard InChI is InChI=1S/C14H24N4O/c1-4-6-12-11(3)15-14(16-13(12)19)18-9-7-17(5-2)8-10-18/h4-10H2,1-3H3,(H,15,16,19)/p+1. The summed E-state index contributed by atoms with van der Waals surface area (Å²) in [5.74, 6) is 0.748. The minimum atomic E-state index is 0.0367. The smallest absolute Gasteiger partial charge is 0.255 e. The minimum absolute atomic E-state index is 0.0367. The Bertz CT molecular complexity index is 475. The molecule has 0 atom stereocenters. The van der Waals surface area contributed by atoms with E-state index in [1.54, 1.807) is 4.90 Å². The highest BCUT2D eigenvalue weighted by Crippen LogP contribution is 2.09. The summed E-state index contributed by atoms with van der Waals surface area (Å²) >= 11 is 0. The second kappa shape index (κ2) is 6.19. The third-order valence-corrected chi connectivity index (χ3v) is 3.98. The van der Waals surface area contributed by atoms with E-state index in [0.29, 0.717) is 0 Å². The fraction of sp³-hybridized carbons (Fsp3) is 0.714. The third kappa shape index (κ3) is 3.15. The fourth-order valence-electron chi connectivity index (χ4n) is 2.68. The number of rotatable bonds is 4. The highest BCUT2D eigenvalue weighted by Gasteiger charge is 2.21.